The third-order valence-corrected chi connectivity index (χ3v) is 6.10. The first-order valence-corrected chi connectivity index (χ1v) is 8.73. The normalized spacial score (nSPS) is 32.1. The first-order valence-electron chi connectivity index (χ1n) is 8.73. The summed E-state index contributed by atoms with van der Waals surface area (Å²) in [4.78, 5) is 2.89. The summed E-state index contributed by atoms with van der Waals surface area (Å²) in [6.45, 7) is 6.44. The van der Waals surface area contributed by atoms with Crippen molar-refractivity contribution in [2.24, 2.45) is 0 Å². The van der Waals surface area contributed by atoms with E-state index in [1.165, 1.54) is 90.3 Å². The first-order chi connectivity index (χ1) is 9.23. The molecule has 0 atom stereocenters. The first kappa shape index (κ1) is 13.9. The van der Waals surface area contributed by atoms with Crippen LogP contribution in [0.3, 0.4) is 0 Å². The summed E-state index contributed by atoms with van der Waals surface area (Å²) in [6.07, 6.45) is 15.8. The van der Waals surface area contributed by atoms with Crippen LogP contribution in [-0.2, 0) is 0 Å². The van der Waals surface area contributed by atoms with Gasteiger partial charge in [-0.3, -0.25) is 4.90 Å². The Morgan fingerprint density at radius 2 is 1.42 bits per heavy atom. The Morgan fingerprint density at radius 3 is 2.11 bits per heavy atom. The fraction of sp³-hybridized carbons (Fsp3) is 1.00. The van der Waals surface area contributed by atoms with E-state index >= 15 is 0 Å². The molecule has 3 rings (SSSR count). The van der Waals surface area contributed by atoms with Gasteiger partial charge in [0.05, 0.1) is 0 Å². The molecule has 19 heavy (non-hydrogen) atoms. The molecule has 110 valence electrons. The van der Waals surface area contributed by atoms with Crippen molar-refractivity contribution in [3.8, 4) is 0 Å². The molecule has 1 saturated heterocycles. The second-order valence-corrected chi connectivity index (χ2v) is 7.60. The zero-order valence-electron chi connectivity index (χ0n) is 12.8. The highest BCUT2D eigenvalue weighted by Gasteiger charge is 2.41. The van der Waals surface area contributed by atoms with Crippen molar-refractivity contribution >= 4 is 0 Å². The maximum absolute atomic E-state index is 3.94. The van der Waals surface area contributed by atoms with E-state index in [-0.39, 0.29) is 0 Å². The molecule has 0 aromatic rings. The van der Waals surface area contributed by atoms with Crippen LogP contribution < -0.4 is 5.32 Å². The van der Waals surface area contributed by atoms with Crippen molar-refractivity contribution in [1.29, 1.82) is 0 Å². The van der Waals surface area contributed by atoms with Crippen LogP contribution in [-0.4, -0.2) is 35.6 Å². The van der Waals surface area contributed by atoms with Crippen molar-refractivity contribution in [3.05, 3.63) is 0 Å². The third kappa shape index (κ3) is 3.00. The van der Waals surface area contributed by atoms with Gasteiger partial charge in [-0.15, -0.1) is 0 Å². The fourth-order valence-corrected chi connectivity index (χ4v) is 4.78. The summed E-state index contributed by atoms with van der Waals surface area (Å²) in [5.41, 5.74) is 0.976. The van der Waals surface area contributed by atoms with Gasteiger partial charge in [0.2, 0.25) is 0 Å². The smallest absolute Gasteiger partial charge is 0.0309 e. The van der Waals surface area contributed by atoms with Gasteiger partial charge in [0, 0.05) is 17.6 Å². The molecule has 1 aliphatic heterocycles. The van der Waals surface area contributed by atoms with Gasteiger partial charge < -0.3 is 5.32 Å². The number of rotatable bonds is 1. The lowest BCUT2D eigenvalue weighted by atomic mass is 9.78. The molecule has 0 bridgehead atoms. The molecular formula is C17H32N2. The lowest BCUT2D eigenvalue weighted by Gasteiger charge is -2.48. The minimum atomic E-state index is 0.467. The van der Waals surface area contributed by atoms with Crippen molar-refractivity contribution in [1.82, 2.24) is 10.2 Å². The van der Waals surface area contributed by atoms with Gasteiger partial charge in [-0.05, 0) is 52.1 Å². The molecule has 1 spiro atoms. The second kappa shape index (κ2) is 5.73. The predicted octanol–water partition coefficient (Wildman–Crippen LogP) is 3.71. The van der Waals surface area contributed by atoms with Crippen molar-refractivity contribution < 1.29 is 0 Å². The number of nitrogens with one attached hydrogen (secondary N) is 1. The second-order valence-electron chi connectivity index (χ2n) is 7.60. The monoisotopic (exact) mass is 264 g/mol. The van der Waals surface area contributed by atoms with Gasteiger partial charge in [-0.1, -0.05) is 38.5 Å². The fourth-order valence-electron chi connectivity index (χ4n) is 4.78. The van der Waals surface area contributed by atoms with Crippen molar-refractivity contribution in [3.63, 3.8) is 0 Å². The van der Waals surface area contributed by atoms with E-state index in [9.17, 15) is 0 Å². The van der Waals surface area contributed by atoms with E-state index in [0.717, 1.165) is 0 Å². The molecule has 0 unspecified atom stereocenters. The molecule has 3 fully saturated rings. The van der Waals surface area contributed by atoms with Gasteiger partial charge in [0.15, 0.2) is 0 Å². The van der Waals surface area contributed by atoms with E-state index < -0.39 is 0 Å². The van der Waals surface area contributed by atoms with Gasteiger partial charge >= 0.3 is 0 Å². The molecule has 0 aromatic heterocycles. The Kier molecular flexibility index (Phi) is 4.19. The Bertz CT molecular complexity index is 288. The standard InChI is InChI=1S/C17H32N2/c1-16(9-4-2-5-10-16)19-14-8-13-18-17(15-19)11-6-3-7-12-17/h18H,2-15H2,1H3. The summed E-state index contributed by atoms with van der Waals surface area (Å²) >= 11 is 0. The molecule has 1 heterocycles. The van der Waals surface area contributed by atoms with E-state index in [1.807, 2.05) is 0 Å². The minimum Gasteiger partial charge on any atom is -0.310 e. The lowest BCUT2D eigenvalue weighted by molar-refractivity contribution is 0.0393. The largest absolute Gasteiger partial charge is 0.310 e. The zero-order chi connectivity index (χ0) is 13.2. The van der Waals surface area contributed by atoms with Crippen LogP contribution in [0.15, 0.2) is 0 Å². The van der Waals surface area contributed by atoms with E-state index in [2.05, 4.69) is 17.1 Å². The van der Waals surface area contributed by atoms with Gasteiger partial charge in [-0.2, -0.15) is 0 Å². The molecule has 0 amide bonds. The maximum atomic E-state index is 3.94. The highest BCUT2D eigenvalue weighted by Crippen LogP contribution is 2.38. The summed E-state index contributed by atoms with van der Waals surface area (Å²) in [6, 6.07) is 0. The Hall–Kier alpha value is -0.0800. The number of hydrogen-bond donors (Lipinski definition) is 1. The van der Waals surface area contributed by atoms with Gasteiger partial charge in [-0.25, -0.2) is 0 Å². The summed E-state index contributed by atoms with van der Waals surface area (Å²) < 4.78 is 0. The Balaban J connectivity index is 1.73. The summed E-state index contributed by atoms with van der Waals surface area (Å²) in [5.74, 6) is 0. The lowest BCUT2D eigenvalue weighted by Crippen LogP contribution is -2.57. The number of nitrogens with zero attached hydrogens (tertiary/aromatic N) is 1. The molecule has 0 aromatic carbocycles. The molecule has 2 nitrogen and oxygen atoms in total. The minimum absolute atomic E-state index is 0.467. The molecule has 0 radical (unpaired) electrons. The van der Waals surface area contributed by atoms with Gasteiger partial charge in [0.1, 0.15) is 0 Å². The van der Waals surface area contributed by atoms with Gasteiger partial charge in [0.25, 0.3) is 0 Å². The molecular weight excluding hydrogens is 232 g/mol. The predicted molar refractivity (Wildman–Crippen MR) is 81.5 cm³/mol. The van der Waals surface area contributed by atoms with Crippen molar-refractivity contribution in [2.75, 3.05) is 19.6 Å². The van der Waals surface area contributed by atoms with E-state index in [4.69, 9.17) is 0 Å². The van der Waals surface area contributed by atoms with Crippen LogP contribution in [0.2, 0.25) is 0 Å². The summed E-state index contributed by atoms with van der Waals surface area (Å²) in [5, 5.41) is 3.94. The highest BCUT2D eigenvalue weighted by molar-refractivity contribution is 5.00. The summed E-state index contributed by atoms with van der Waals surface area (Å²) in [7, 11) is 0. The number of hydrogen-bond acceptors (Lipinski definition) is 2. The quantitative estimate of drug-likeness (QED) is 0.777. The van der Waals surface area contributed by atoms with Crippen LogP contribution in [0.1, 0.15) is 77.6 Å². The van der Waals surface area contributed by atoms with Crippen molar-refractivity contribution in [2.45, 2.75) is 88.6 Å². The highest BCUT2D eigenvalue weighted by atomic mass is 15.2. The van der Waals surface area contributed by atoms with Crippen LogP contribution in [0.5, 0.6) is 0 Å². The molecule has 1 N–H and O–H groups in total. The topological polar surface area (TPSA) is 15.3 Å². The Morgan fingerprint density at radius 1 is 0.789 bits per heavy atom. The van der Waals surface area contributed by atoms with Crippen LogP contribution in [0, 0.1) is 0 Å². The molecule has 2 aliphatic carbocycles. The third-order valence-electron chi connectivity index (χ3n) is 6.10. The molecule has 2 saturated carbocycles. The average molecular weight is 264 g/mol. The van der Waals surface area contributed by atoms with Crippen LogP contribution >= 0.6 is 0 Å². The van der Waals surface area contributed by atoms with Crippen LogP contribution in [0.25, 0.3) is 0 Å². The van der Waals surface area contributed by atoms with Crippen LogP contribution in [0.4, 0.5) is 0 Å². The Labute approximate surface area is 119 Å². The average Bonchev–Trinajstić information content (AvgIpc) is 2.64. The van der Waals surface area contributed by atoms with E-state index in [1.54, 1.807) is 0 Å². The maximum Gasteiger partial charge on any atom is 0.0309 e. The zero-order valence-corrected chi connectivity index (χ0v) is 12.8. The SMILES string of the molecule is CC1(N2CCCNC3(CCCCC3)C2)CCCCC1. The van der Waals surface area contributed by atoms with E-state index in [0.29, 0.717) is 11.1 Å². The molecule has 3 aliphatic rings. The molecule has 2 heteroatoms.